The molecule has 3 nitrogen and oxygen atoms in total. The van der Waals surface area contributed by atoms with Gasteiger partial charge >= 0.3 is 0 Å². The SMILES string of the molecule is CC1(C)c2ccccc2-c2c1c1c(c3ccccc3n1-c1cc(-c3ccccc3)nc(-c3ccccc3)n1)c1sc3ccccc3c21. The maximum Gasteiger partial charge on any atom is 0.162 e. The molecule has 3 heterocycles. The summed E-state index contributed by atoms with van der Waals surface area (Å²) in [6.07, 6.45) is 0. The maximum absolute atomic E-state index is 5.37. The zero-order chi connectivity index (χ0) is 31.3. The lowest BCUT2D eigenvalue weighted by Crippen LogP contribution is -2.17. The number of nitrogens with zero attached hydrogens (tertiary/aromatic N) is 3. The van der Waals surface area contributed by atoms with Crippen molar-refractivity contribution in [1.82, 2.24) is 14.5 Å². The van der Waals surface area contributed by atoms with Crippen LogP contribution in [0.3, 0.4) is 0 Å². The molecule has 0 saturated carbocycles. The highest BCUT2D eigenvalue weighted by Gasteiger charge is 2.41. The van der Waals surface area contributed by atoms with Gasteiger partial charge in [0.25, 0.3) is 0 Å². The van der Waals surface area contributed by atoms with Gasteiger partial charge in [0.15, 0.2) is 5.82 Å². The molecule has 9 aromatic rings. The van der Waals surface area contributed by atoms with Crippen LogP contribution in [0.2, 0.25) is 0 Å². The summed E-state index contributed by atoms with van der Waals surface area (Å²) >= 11 is 1.91. The molecular weight excluding hydrogens is 591 g/mol. The predicted octanol–water partition coefficient (Wildman–Crippen LogP) is 11.6. The van der Waals surface area contributed by atoms with Gasteiger partial charge in [0.1, 0.15) is 5.82 Å². The van der Waals surface area contributed by atoms with E-state index in [4.69, 9.17) is 9.97 Å². The minimum absolute atomic E-state index is 0.231. The lowest BCUT2D eigenvalue weighted by molar-refractivity contribution is 0.664. The number of thiophene rings is 1. The van der Waals surface area contributed by atoms with Crippen molar-refractivity contribution in [2.45, 2.75) is 19.3 Å². The van der Waals surface area contributed by atoms with E-state index < -0.39 is 0 Å². The van der Waals surface area contributed by atoms with Crippen LogP contribution in [0.1, 0.15) is 25.0 Å². The largest absolute Gasteiger partial charge is 0.293 e. The molecule has 1 aliphatic rings. The molecule has 4 heteroatoms. The van der Waals surface area contributed by atoms with Crippen molar-refractivity contribution in [2.24, 2.45) is 0 Å². The third kappa shape index (κ3) is 3.67. The summed E-state index contributed by atoms with van der Waals surface area (Å²) in [6, 6.07) is 49.8. The van der Waals surface area contributed by atoms with E-state index in [0.29, 0.717) is 0 Å². The van der Waals surface area contributed by atoms with E-state index in [1.165, 1.54) is 58.7 Å². The van der Waals surface area contributed by atoms with Crippen molar-refractivity contribution in [3.05, 3.63) is 151 Å². The fourth-order valence-electron chi connectivity index (χ4n) is 7.94. The molecule has 0 saturated heterocycles. The molecule has 0 fully saturated rings. The molecule has 0 bridgehead atoms. The second kappa shape index (κ2) is 9.71. The first kappa shape index (κ1) is 26.6. The smallest absolute Gasteiger partial charge is 0.162 e. The Morgan fingerprint density at radius 2 is 1.28 bits per heavy atom. The van der Waals surface area contributed by atoms with E-state index in [1.807, 2.05) is 17.4 Å². The van der Waals surface area contributed by atoms with Gasteiger partial charge in [0.2, 0.25) is 0 Å². The molecule has 0 unspecified atom stereocenters. The Labute approximate surface area is 276 Å². The Morgan fingerprint density at radius 1 is 0.617 bits per heavy atom. The predicted molar refractivity (Wildman–Crippen MR) is 198 cm³/mol. The van der Waals surface area contributed by atoms with Gasteiger partial charge in [0, 0.05) is 53.6 Å². The van der Waals surface area contributed by atoms with Crippen LogP contribution in [0.4, 0.5) is 0 Å². The van der Waals surface area contributed by atoms with Crippen molar-refractivity contribution in [3.8, 4) is 39.6 Å². The van der Waals surface area contributed by atoms with Gasteiger partial charge in [0.05, 0.1) is 16.7 Å². The van der Waals surface area contributed by atoms with Crippen molar-refractivity contribution in [1.29, 1.82) is 0 Å². The Hall–Kier alpha value is -5.58. The molecule has 0 radical (unpaired) electrons. The number of rotatable bonds is 3. The topological polar surface area (TPSA) is 30.7 Å². The van der Waals surface area contributed by atoms with Crippen molar-refractivity contribution in [3.63, 3.8) is 0 Å². The van der Waals surface area contributed by atoms with Gasteiger partial charge < -0.3 is 0 Å². The van der Waals surface area contributed by atoms with Crippen molar-refractivity contribution >= 4 is 53.3 Å². The minimum Gasteiger partial charge on any atom is -0.293 e. The molecule has 3 aromatic heterocycles. The van der Waals surface area contributed by atoms with E-state index in [-0.39, 0.29) is 5.41 Å². The molecule has 0 atom stereocenters. The van der Waals surface area contributed by atoms with Crippen LogP contribution >= 0.6 is 11.3 Å². The monoisotopic (exact) mass is 619 g/mol. The van der Waals surface area contributed by atoms with Crippen LogP contribution < -0.4 is 0 Å². The standard InChI is InChI=1S/C43H29N3S/c1-43(2)31-22-12-9-19-28(31)36-37-30-21-11-14-24-34(30)47-41(37)38-29-20-10-13-23-33(29)46(40(38)39(36)43)35-25-32(26-15-5-3-6-16-26)44-42(45-35)27-17-7-4-8-18-27/h3-25H,1-2H3. The van der Waals surface area contributed by atoms with E-state index in [9.17, 15) is 0 Å². The summed E-state index contributed by atoms with van der Waals surface area (Å²) in [5.41, 5.74) is 10.5. The highest BCUT2D eigenvalue weighted by molar-refractivity contribution is 7.27. The zero-order valence-electron chi connectivity index (χ0n) is 26.0. The normalized spacial score (nSPS) is 13.5. The second-order valence-electron chi connectivity index (χ2n) is 13.0. The van der Waals surface area contributed by atoms with Gasteiger partial charge in [-0.3, -0.25) is 4.57 Å². The third-order valence-electron chi connectivity index (χ3n) is 9.97. The van der Waals surface area contributed by atoms with Gasteiger partial charge in [-0.25, -0.2) is 9.97 Å². The first-order valence-corrected chi connectivity index (χ1v) is 16.9. The number of benzene rings is 6. The van der Waals surface area contributed by atoms with Crippen LogP contribution in [-0.4, -0.2) is 14.5 Å². The summed E-state index contributed by atoms with van der Waals surface area (Å²) < 4.78 is 5.08. The van der Waals surface area contributed by atoms with Crippen LogP contribution in [-0.2, 0) is 5.41 Å². The van der Waals surface area contributed by atoms with E-state index in [2.05, 4.69) is 152 Å². The summed E-state index contributed by atoms with van der Waals surface area (Å²) in [6.45, 7) is 4.79. The number of fused-ring (bicyclic) bond motifs is 12. The highest BCUT2D eigenvalue weighted by Crippen LogP contribution is 2.58. The summed E-state index contributed by atoms with van der Waals surface area (Å²) in [4.78, 5) is 10.5. The maximum atomic E-state index is 5.37. The number of hydrogen-bond acceptors (Lipinski definition) is 3. The number of hydrogen-bond donors (Lipinski definition) is 0. The lowest BCUT2D eigenvalue weighted by Gasteiger charge is -2.24. The zero-order valence-corrected chi connectivity index (χ0v) is 26.8. The molecule has 6 aromatic carbocycles. The Bertz CT molecular complexity index is 2640. The van der Waals surface area contributed by atoms with Crippen LogP contribution in [0, 0.1) is 0 Å². The second-order valence-corrected chi connectivity index (χ2v) is 14.0. The number of para-hydroxylation sites is 1. The van der Waals surface area contributed by atoms with E-state index >= 15 is 0 Å². The molecule has 222 valence electrons. The minimum atomic E-state index is -0.231. The molecule has 0 amide bonds. The molecule has 0 aliphatic heterocycles. The van der Waals surface area contributed by atoms with Gasteiger partial charge in [-0.2, -0.15) is 0 Å². The molecule has 0 N–H and O–H groups in total. The summed E-state index contributed by atoms with van der Waals surface area (Å²) in [5, 5.41) is 5.24. The molecule has 10 rings (SSSR count). The third-order valence-corrected chi connectivity index (χ3v) is 11.2. The van der Waals surface area contributed by atoms with Crippen molar-refractivity contribution in [2.75, 3.05) is 0 Å². The van der Waals surface area contributed by atoms with E-state index in [0.717, 1.165) is 34.0 Å². The fourth-order valence-corrected chi connectivity index (χ4v) is 9.21. The Kier molecular flexibility index (Phi) is 5.50. The molecule has 0 spiro atoms. The van der Waals surface area contributed by atoms with Gasteiger partial charge in [-0.05, 0) is 34.4 Å². The quantitative estimate of drug-likeness (QED) is 0.197. The van der Waals surface area contributed by atoms with Crippen LogP contribution in [0.15, 0.2) is 140 Å². The molecule has 1 aliphatic carbocycles. The van der Waals surface area contributed by atoms with Crippen molar-refractivity contribution < 1.29 is 0 Å². The fraction of sp³-hybridized carbons (Fsp3) is 0.0698. The average molecular weight is 620 g/mol. The first-order valence-electron chi connectivity index (χ1n) is 16.1. The number of aromatic nitrogens is 3. The van der Waals surface area contributed by atoms with Gasteiger partial charge in [-0.1, -0.05) is 135 Å². The van der Waals surface area contributed by atoms with Crippen LogP contribution in [0.5, 0.6) is 0 Å². The first-order chi connectivity index (χ1) is 23.1. The highest BCUT2D eigenvalue weighted by atomic mass is 32.1. The Morgan fingerprint density at radius 3 is 2.09 bits per heavy atom. The average Bonchev–Trinajstić information content (AvgIpc) is 3.75. The van der Waals surface area contributed by atoms with E-state index in [1.54, 1.807) is 0 Å². The summed E-state index contributed by atoms with van der Waals surface area (Å²) in [5.74, 6) is 1.59. The lowest BCUT2D eigenvalue weighted by atomic mass is 9.81. The molecule has 47 heavy (non-hydrogen) atoms. The van der Waals surface area contributed by atoms with Crippen LogP contribution in [0.25, 0.3) is 81.6 Å². The Balaban J connectivity index is 1.44. The summed E-state index contributed by atoms with van der Waals surface area (Å²) in [7, 11) is 0. The van der Waals surface area contributed by atoms with Gasteiger partial charge in [-0.15, -0.1) is 11.3 Å². The molecular formula is C43H29N3S.